The third-order valence-electron chi connectivity index (χ3n) is 2.74. The zero-order valence-electron chi connectivity index (χ0n) is 11.0. The summed E-state index contributed by atoms with van der Waals surface area (Å²) in [5.41, 5.74) is 6.30. The number of nitrogens with two attached hydrogens (primary N) is 1. The molecule has 1 aromatic carbocycles. The molecule has 0 saturated heterocycles. The number of carbonyl (C=O) groups is 1. The van der Waals surface area contributed by atoms with E-state index in [1.54, 1.807) is 0 Å². The maximum absolute atomic E-state index is 13.9. The standard InChI is InChI=1S/C13H19FN2O2/c1-4-6-16(5-2)12-7-9(13(17)18-3)11(15)8-10(12)14/h7-8H,4-6,15H2,1-3H3. The van der Waals surface area contributed by atoms with Crippen molar-refractivity contribution in [3.63, 3.8) is 0 Å². The number of rotatable bonds is 5. The Morgan fingerprint density at radius 2 is 2.11 bits per heavy atom. The molecule has 0 aliphatic heterocycles. The Morgan fingerprint density at radius 1 is 1.44 bits per heavy atom. The number of carbonyl (C=O) groups excluding carboxylic acids is 1. The van der Waals surface area contributed by atoms with E-state index in [1.165, 1.54) is 19.2 Å². The summed E-state index contributed by atoms with van der Waals surface area (Å²) in [4.78, 5) is 13.4. The molecule has 0 heterocycles. The second kappa shape index (κ2) is 6.23. The molecule has 0 bridgehead atoms. The summed E-state index contributed by atoms with van der Waals surface area (Å²) in [6.45, 7) is 5.33. The molecule has 100 valence electrons. The van der Waals surface area contributed by atoms with E-state index in [-0.39, 0.29) is 11.3 Å². The number of halogens is 1. The Hall–Kier alpha value is -1.78. The van der Waals surface area contributed by atoms with Crippen molar-refractivity contribution in [1.29, 1.82) is 0 Å². The third-order valence-corrected chi connectivity index (χ3v) is 2.74. The molecule has 1 rings (SSSR count). The van der Waals surface area contributed by atoms with E-state index in [0.29, 0.717) is 12.2 Å². The van der Waals surface area contributed by atoms with Crippen LogP contribution in [0.3, 0.4) is 0 Å². The maximum atomic E-state index is 13.9. The van der Waals surface area contributed by atoms with E-state index in [9.17, 15) is 9.18 Å². The molecule has 0 aliphatic carbocycles. The number of anilines is 2. The molecule has 1 aromatic rings. The summed E-state index contributed by atoms with van der Waals surface area (Å²) in [6, 6.07) is 2.62. The minimum Gasteiger partial charge on any atom is -0.465 e. The van der Waals surface area contributed by atoms with Gasteiger partial charge in [-0.25, -0.2) is 9.18 Å². The van der Waals surface area contributed by atoms with Gasteiger partial charge in [0.05, 0.1) is 18.4 Å². The average Bonchev–Trinajstić information content (AvgIpc) is 2.36. The fourth-order valence-corrected chi connectivity index (χ4v) is 1.83. The summed E-state index contributed by atoms with van der Waals surface area (Å²) in [6.07, 6.45) is 0.894. The summed E-state index contributed by atoms with van der Waals surface area (Å²) < 4.78 is 18.5. The normalized spacial score (nSPS) is 10.2. The zero-order chi connectivity index (χ0) is 13.7. The molecule has 2 N–H and O–H groups in total. The first kappa shape index (κ1) is 14.3. The average molecular weight is 254 g/mol. The van der Waals surface area contributed by atoms with Crippen LogP contribution in [0.15, 0.2) is 12.1 Å². The number of hydrogen-bond donors (Lipinski definition) is 1. The first-order valence-electron chi connectivity index (χ1n) is 5.97. The van der Waals surface area contributed by atoms with Crippen LogP contribution in [0, 0.1) is 5.82 Å². The number of ether oxygens (including phenoxy) is 1. The largest absolute Gasteiger partial charge is 0.465 e. The summed E-state index contributed by atoms with van der Waals surface area (Å²) >= 11 is 0. The van der Waals surface area contributed by atoms with Crippen molar-refractivity contribution < 1.29 is 13.9 Å². The topological polar surface area (TPSA) is 55.6 Å². The predicted molar refractivity (Wildman–Crippen MR) is 70.3 cm³/mol. The lowest BCUT2D eigenvalue weighted by Crippen LogP contribution is -2.25. The van der Waals surface area contributed by atoms with Crippen LogP contribution < -0.4 is 10.6 Å². The molecule has 5 heteroatoms. The molecule has 0 aliphatic rings. The minimum atomic E-state index is -0.554. The molecule has 0 saturated carbocycles. The Labute approximate surface area is 107 Å². The van der Waals surface area contributed by atoms with E-state index in [2.05, 4.69) is 4.74 Å². The van der Waals surface area contributed by atoms with E-state index >= 15 is 0 Å². The third kappa shape index (κ3) is 2.91. The van der Waals surface area contributed by atoms with Gasteiger partial charge in [-0.2, -0.15) is 0 Å². The van der Waals surface area contributed by atoms with Crippen molar-refractivity contribution in [2.24, 2.45) is 0 Å². The fraction of sp³-hybridized carbons (Fsp3) is 0.462. The van der Waals surface area contributed by atoms with Crippen LogP contribution in [0.1, 0.15) is 30.6 Å². The first-order valence-corrected chi connectivity index (χ1v) is 5.97. The molecule has 0 amide bonds. The Balaban J connectivity index is 3.22. The van der Waals surface area contributed by atoms with Crippen molar-refractivity contribution in [3.05, 3.63) is 23.5 Å². The number of hydrogen-bond acceptors (Lipinski definition) is 4. The van der Waals surface area contributed by atoms with Crippen LogP contribution in [0.4, 0.5) is 15.8 Å². The Kier molecular flexibility index (Phi) is 4.95. The molecule has 0 spiro atoms. The van der Waals surface area contributed by atoms with Crippen LogP contribution in [0.5, 0.6) is 0 Å². The van der Waals surface area contributed by atoms with Crippen LogP contribution >= 0.6 is 0 Å². The van der Waals surface area contributed by atoms with E-state index in [1.807, 2.05) is 18.7 Å². The number of esters is 1. The molecule has 0 radical (unpaired) electrons. The molecule has 18 heavy (non-hydrogen) atoms. The fourth-order valence-electron chi connectivity index (χ4n) is 1.83. The van der Waals surface area contributed by atoms with Crippen molar-refractivity contribution in [2.45, 2.75) is 20.3 Å². The zero-order valence-corrected chi connectivity index (χ0v) is 11.0. The van der Waals surface area contributed by atoms with Crippen LogP contribution in [-0.4, -0.2) is 26.2 Å². The summed E-state index contributed by atoms with van der Waals surface area (Å²) in [5, 5.41) is 0. The van der Waals surface area contributed by atoms with Gasteiger partial charge in [0.1, 0.15) is 5.82 Å². The van der Waals surface area contributed by atoms with Gasteiger partial charge in [0.2, 0.25) is 0 Å². The van der Waals surface area contributed by atoms with Gasteiger partial charge in [-0.15, -0.1) is 0 Å². The molecule has 0 fully saturated rings. The Morgan fingerprint density at radius 3 is 2.61 bits per heavy atom. The SMILES string of the molecule is CCCN(CC)c1cc(C(=O)OC)c(N)cc1F. The van der Waals surface area contributed by atoms with Crippen LogP contribution in [0.25, 0.3) is 0 Å². The van der Waals surface area contributed by atoms with E-state index in [0.717, 1.165) is 13.0 Å². The number of nitrogen functional groups attached to an aromatic ring is 1. The monoisotopic (exact) mass is 254 g/mol. The van der Waals surface area contributed by atoms with Gasteiger partial charge in [0.15, 0.2) is 0 Å². The van der Waals surface area contributed by atoms with Gasteiger partial charge in [0, 0.05) is 18.8 Å². The van der Waals surface area contributed by atoms with Gasteiger partial charge in [-0.1, -0.05) is 6.92 Å². The Bertz CT molecular complexity index is 435. The number of methoxy groups -OCH3 is 1. The highest BCUT2D eigenvalue weighted by atomic mass is 19.1. The smallest absolute Gasteiger partial charge is 0.340 e. The van der Waals surface area contributed by atoms with Gasteiger partial charge < -0.3 is 15.4 Å². The highest BCUT2D eigenvalue weighted by Crippen LogP contribution is 2.26. The number of benzene rings is 1. The van der Waals surface area contributed by atoms with Gasteiger partial charge in [-0.3, -0.25) is 0 Å². The van der Waals surface area contributed by atoms with Crippen molar-refractivity contribution >= 4 is 17.3 Å². The van der Waals surface area contributed by atoms with Crippen LogP contribution in [-0.2, 0) is 4.74 Å². The molecule has 0 aromatic heterocycles. The molecular formula is C13H19FN2O2. The van der Waals surface area contributed by atoms with Gasteiger partial charge in [-0.05, 0) is 25.5 Å². The van der Waals surface area contributed by atoms with E-state index < -0.39 is 11.8 Å². The second-order valence-electron chi connectivity index (χ2n) is 3.96. The molecule has 0 atom stereocenters. The van der Waals surface area contributed by atoms with Gasteiger partial charge in [0.25, 0.3) is 0 Å². The summed E-state index contributed by atoms with van der Waals surface area (Å²) in [5.74, 6) is -0.975. The first-order chi connectivity index (χ1) is 8.54. The lowest BCUT2D eigenvalue weighted by Gasteiger charge is -2.23. The van der Waals surface area contributed by atoms with Gasteiger partial charge >= 0.3 is 5.97 Å². The lowest BCUT2D eigenvalue weighted by atomic mass is 10.1. The quantitative estimate of drug-likeness (QED) is 0.647. The molecule has 4 nitrogen and oxygen atoms in total. The second-order valence-corrected chi connectivity index (χ2v) is 3.96. The summed E-state index contributed by atoms with van der Waals surface area (Å²) in [7, 11) is 1.27. The van der Waals surface area contributed by atoms with E-state index in [4.69, 9.17) is 5.73 Å². The molecule has 0 unspecified atom stereocenters. The minimum absolute atomic E-state index is 0.0932. The number of nitrogens with zero attached hydrogens (tertiary/aromatic N) is 1. The van der Waals surface area contributed by atoms with Crippen molar-refractivity contribution in [2.75, 3.05) is 30.8 Å². The van der Waals surface area contributed by atoms with Crippen molar-refractivity contribution in [3.8, 4) is 0 Å². The lowest BCUT2D eigenvalue weighted by molar-refractivity contribution is 0.0602. The highest BCUT2D eigenvalue weighted by molar-refractivity contribution is 5.96. The predicted octanol–water partition coefficient (Wildman–Crippen LogP) is 2.43. The van der Waals surface area contributed by atoms with Crippen LogP contribution in [0.2, 0.25) is 0 Å². The molecular weight excluding hydrogens is 235 g/mol. The maximum Gasteiger partial charge on any atom is 0.340 e. The van der Waals surface area contributed by atoms with Crippen molar-refractivity contribution in [1.82, 2.24) is 0 Å². The highest BCUT2D eigenvalue weighted by Gasteiger charge is 2.17.